The third-order valence-electron chi connectivity index (χ3n) is 5.12. The Hall–Kier alpha value is -1.34. The van der Waals surface area contributed by atoms with Crippen LogP contribution in [0.2, 0.25) is 0 Å². The van der Waals surface area contributed by atoms with Crippen LogP contribution in [0.1, 0.15) is 6.92 Å². The lowest BCUT2D eigenvalue weighted by Gasteiger charge is -2.47. The van der Waals surface area contributed by atoms with Crippen LogP contribution in [-0.2, 0) is 4.79 Å². The highest BCUT2D eigenvalue weighted by molar-refractivity contribution is 5.80. The standard InChI is InChI=1S/C15H28N6O/c1-13(22)19-7-9-21(10-8-19)15(16-2)17-11-14-12-18-3-5-20(14)6-4-18/h14H,3-12H2,1-2H3,(H,16,17). The van der Waals surface area contributed by atoms with Crippen LogP contribution in [0, 0.1) is 0 Å². The average Bonchev–Trinajstić information content (AvgIpc) is 2.57. The fourth-order valence-corrected chi connectivity index (χ4v) is 3.69. The summed E-state index contributed by atoms with van der Waals surface area (Å²) < 4.78 is 0. The second kappa shape index (κ2) is 6.83. The van der Waals surface area contributed by atoms with Gasteiger partial charge in [-0.2, -0.15) is 0 Å². The number of guanidine groups is 1. The van der Waals surface area contributed by atoms with E-state index in [-0.39, 0.29) is 5.91 Å². The van der Waals surface area contributed by atoms with Crippen LogP contribution < -0.4 is 5.32 Å². The molecule has 4 aliphatic rings. The van der Waals surface area contributed by atoms with Crippen molar-refractivity contribution in [2.24, 2.45) is 4.99 Å². The van der Waals surface area contributed by atoms with Gasteiger partial charge in [-0.3, -0.25) is 19.6 Å². The Morgan fingerprint density at radius 3 is 2.18 bits per heavy atom. The number of nitrogens with zero attached hydrogens (tertiary/aromatic N) is 5. The third-order valence-corrected chi connectivity index (χ3v) is 5.12. The van der Waals surface area contributed by atoms with Gasteiger partial charge < -0.3 is 15.1 Å². The monoisotopic (exact) mass is 308 g/mol. The molecule has 22 heavy (non-hydrogen) atoms. The van der Waals surface area contributed by atoms with Gasteiger partial charge in [0.2, 0.25) is 5.91 Å². The van der Waals surface area contributed by atoms with Crippen LogP contribution in [0.5, 0.6) is 0 Å². The molecule has 4 heterocycles. The van der Waals surface area contributed by atoms with Gasteiger partial charge in [-0.15, -0.1) is 0 Å². The highest BCUT2D eigenvalue weighted by Crippen LogP contribution is 2.15. The first-order chi connectivity index (χ1) is 10.7. The van der Waals surface area contributed by atoms with Gasteiger partial charge in [0.1, 0.15) is 0 Å². The second-order valence-electron chi connectivity index (χ2n) is 6.41. The Morgan fingerprint density at radius 1 is 1.05 bits per heavy atom. The van der Waals surface area contributed by atoms with E-state index in [1.54, 1.807) is 6.92 Å². The molecule has 1 atom stereocenters. The predicted molar refractivity (Wildman–Crippen MR) is 87.0 cm³/mol. The van der Waals surface area contributed by atoms with Crippen molar-refractivity contribution < 1.29 is 4.79 Å². The van der Waals surface area contributed by atoms with Crippen molar-refractivity contribution in [3.63, 3.8) is 0 Å². The summed E-state index contributed by atoms with van der Waals surface area (Å²) in [5, 5.41) is 3.54. The van der Waals surface area contributed by atoms with E-state index in [0.717, 1.165) is 38.7 Å². The molecule has 0 aromatic heterocycles. The second-order valence-corrected chi connectivity index (χ2v) is 6.41. The Morgan fingerprint density at radius 2 is 1.68 bits per heavy atom. The lowest BCUT2D eigenvalue weighted by Crippen LogP contribution is -2.64. The van der Waals surface area contributed by atoms with E-state index in [2.05, 4.69) is 25.0 Å². The molecule has 4 fully saturated rings. The summed E-state index contributed by atoms with van der Waals surface area (Å²) in [6, 6.07) is 0.595. The number of amides is 1. The molecule has 0 aromatic carbocycles. The largest absolute Gasteiger partial charge is 0.355 e. The number of piperazine rings is 4. The molecular formula is C15H28N6O. The predicted octanol–water partition coefficient (Wildman–Crippen LogP) is -1.27. The van der Waals surface area contributed by atoms with Gasteiger partial charge in [-0.25, -0.2) is 0 Å². The molecule has 4 rings (SSSR count). The molecule has 7 heteroatoms. The Balaban J connectivity index is 1.48. The van der Waals surface area contributed by atoms with Gasteiger partial charge in [-0.1, -0.05) is 0 Å². The molecule has 4 saturated heterocycles. The fourth-order valence-electron chi connectivity index (χ4n) is 3.69. The SMILES string of the molecule is CN=C(NCC1CN2CCN1CC2)N1CCN(C(C)=O)CC1. The van der Waals surface area contributed by atoms with Crippen molar-refractivity contribution in [1.82, 2.24) is 24.9 Å². The number of hydrogen-bond donors (Lipinski definition) is 1. The molecule has 1 unspecified atom stereocenters. The summed E-state index contributed by atoms with van der Waals surface area (Å²) in [5.74, 6) is 1.14. The van der Waals surface area contributed by atoms with E-state index in [0.29, 0.717) is 6.04 Å². The first-order valence-corrected chi connectivity index (χ1v) is 8.35. The molecule has 0 radical (unpaired) electrons. The molecular weight excluding hydrogens is 280 g/mol. The average molecular weight is 308 g/mol. The summed E-state index contributed by atoms with van der Waals surface area (Å²) in [6.45, 7) is 11.9. The normalized spacial score (nSPS) is 32.3. The van der Waals surface area contributed by atoms with Gasteiger partial charge in [0.05, 0.1) is 0 Å². The van der Waals surface area contributed by atoms with E-state index in [1.807, 2.05) is 11.9 Å². The number of aliphatic imine (C=N–C) groups is 1. The number of carbonyl (C=O) groups excluding carboxylic acids is 1. The van der Waals surface area contributed by atoms with Crippen molar-refractivity contribution in [3.8, 4) is 0 Å². The molecule has 0 aliphatic carbocycles. The van der Waals surface area contributed by atoms with Gasteiger partial charge in [0.15, 0.2) is 5.96 Å². The van der Waals surface area contributed by atoms with Crippen molar-refractivity contribution in [2.75, 3.05) is 72.5 Å². The smallest absolute Gasteiger partial charge is 0.219 e. The summed E-state index contributed by atoms with van der Waals surface area (Å²) in [6.07, 6.45) is 0. The third kappa shape index (κ3) is 3.35. The molecule has 4 aliphatic heterocycles. The molecule has 7 nitrogen and oxygen atoms in total. The minimum Gasteiger partial charge on any atom is -0.355 e. The zero-order valence-corrected chi connectivity index (χ0v) is 13.8. The molecule has 0 aromatic rings. The van der Waals surface area contributed by atoms with Crippen LogP contribution in [0.3, 0.4) is 0 Å². The van der Waals surface area contributed by atoms with E-state index in [1.165, 1.54) is 32.7 Å². The summed E-state index contributed by atoms with van der Waals surface area (Å²) in [7, 11) is 1.84. The molecule has 2 bridgehead atoms. The van der Waals surface area contributed by atoms with Gasteiger partial charge in [0, 0.05) is 85.5 Å². The summed E-state index contributed by atoms with van der Waals surface area (Å²) in [5.41, 5.74) is 0. The van der Waals surface area contributed by atoms with E-state index < -0.39 is 0 Å². The molecule has 0 spiro atoms. The van der Waals surface area contributed by atoms with E-state index in [9.17, 15) is 4.79 Å². The number of hydrogen-bond acceptors (Lipinski definition) is 4. The zero-order valence-electron chi connectivity index (χ0n) is 13.8. The lowest BCUT2D eigenvalue weighted by atomic mass is 10.1. The summed E-state index contributed by atoms with van der Waals surface area (Å²) >= 11 is 0. The minimum atomic E-state index is 0.169. The Labute approximate surface area is 132 Å². The van der Waals surface area contributed by atoms with E-state index >= 15 is 0 Å². The van der Waals surface area contributed by atoms with E-state index in [4.69, 9.17) is 0 Å². The highest BCUT2D eigenvalue weighted by Gasteiger charge is 2.32. The maximum atomic E-state index is 11.4. The number of nitrogens with one attached hydrogen (secondary N) is 1. The zero-order chi connectivity index (χ0) is 15.5. The molecule has 124 valence electrons. The van der Waals surface area contributed by atoms with Gasteiger partial charge in [0.25, 0.3) is 0 Å². The quantitative estimate of drug-likeness (QED) is 0.509. The topological polar surface area (TPSA) is 54.4 Å². The van der Waals surface area contributed by atoms with Crippen LogP contribution in [0.15, 0.2) is 4.99 Å². The Kier molecular flexibility index (Phi) is 4.83. The summed E-state index contributed by atoms with van der Waals surface area (Å²) in [4.78, 5) is 25.1. The maximum Gasteiger partial charge on any atom is 0.219 e. The lowest BCUT2D eigenvalue weighted by molar-refractivity contribution is -0.130. The fraction of sp³-hybridized carbons (Fsp3) is 0.867. The van der Waals surface area contributed by atoms with Crippen molar-refractivity contribution in [1.29, 1.82) is 0 Å². The number of rotatable bonds is 2. The first-order valence-electron chi connectivity index (χ1n) is 8.35. The van der Waals surface area contributed by atoms with Crippen LogP contribution >= 0.6 is 0 Å². The van der Waals surface area contributed by atoms with Gasteiger partial charge >= 0.3 is 0 Å². The van der Waals surface area contributed by atoms with Crippen LogP contribution in [0.4, 0.5) is 0 Å². The van der Waals surface area contributed by atoms with Gasteiger partial charge in [-0.05, 0) is 0 Å². The Bertz CT molecular complexity index is 424. The van der Waals surface area contributed by atoms with Crippen LogP contribution in [-0.4, -0.2) is 110 Å². The number of carbonyl (C=O) groups is 1. The molecule has 1 amide bonds. The van der Waals surface area contributed by atoms with Crippen molar-refractivity contribution in [3.05, 3.63) is 0 Å². The van der Waals surface area contributed by atoms with Crippen molar-refractivity contribution >= 4 is 11.9 Å². The minimum absolute atomic E-state index is 0.169. The molecule has 1 N–H and O–H groups in total. The first kappa shape index (κ1) is 15.6. The number of fused-ring (bicyclic) bond motifs is 3. The van der Waals surface area contributed by atoms with Crippen LogP contribution in [0.25, 0.3) is 0 Å². The maximum absolute atomic E-state index is 11.4. The molecule has 0 saturated carbocycles. The van der Waals surface area contributed by atoms with Crippen molar-refractivity contribution in [2.45, 2.75) is 13.0 Å². The highest BCUT2D eigenvalue weighted by atomic mass is 16.2.